The van der Waals surface area contributed by atoms with Gasteiger partial charge in [-0.15, -0.1) is 0 Å². The van der Waals surface area contributed by atoms with Gasteiger partial charge in [0.2, 0.25) is 10.0 Å². The molecule has 162 valence electrons. The van der Waals surface area contributed by atoms with Crippen LogP contribution in [0.25, 0.3) is 0 Å². The summed E-state index contributed by atoms with van der Waals surface area (Å²) in [6.07, 6.45) is 1.82. The topological polar surface area (TPSA) is 70.9 Å². The number of hydrogen-bond acceptors (Lipinski definition) is 3. The third-order valence-corrected chi connectivity index (χ3v) is 7.37. The minimum atomic E-state index is -3.43. The summed E-state index contributed by atoms with van der Waals surface area (Å²) in [6, 6.07) is 15.0. The second kappa shape index (κ2) is 9.73. The van der Waals surface area contributed by atoms with E-state index in [0.29, 0.717) is 31.2 Å². The van der Waals surface area contributed by atoms with Gasteiger partial charge in [-0.25, -0.2) is 8.42 Å². The Kier molecular flexibility index (Phi) is 7.28. The molecular formula is C23H32N3O3S+. The number of amides is 1. The van der Waals surface area contributed by atoms with Crippen molar-refractivity contribution in [1.29, 1.82) is 0 Å². The normalized spacial score (nSPS) is 16.0. The predicted octanol–water partition coefficient (Wildman–Crippen LogP) is 2.25. The van der Waals surface area contributed by atoms with Crippen LogP contribution in [-0.4, -0.2) is 45.3 Å². The molecule has 2 aromatic rings. The molecule has 2 N–H and O–H groups in total. The lowest BCUT2D eigenvalue weighted by Crippen LogP contribution is -3.08. The van der Waals surface area contributed by atoms with Crippen molar-refractivity contribution in [3.8, 4) is 0 Å². The van der Waals surface area contributed by atoms with Crippen molar-refractivity contribution in [3.05, 3.63) is 59.7 Å². The molecule has 1 heterocycles. The SMILES string of the molecule is CC(C)c1ccc(C[NH+](C)CC(=O)Nc2ccc(S(=O)(=O)N3CCCC3)cc2)cc1. The molecular weight excluding hydrogens is 398 g/mol. The molecule has 1 aliphatic rings. The van der Waals surface area contributed by atoms with Crippen LogP contribution in [0.4, 0.5) is 5.69 Å². The van der Waals surface area contributed by atoms with Gasteiger partial charge in [0.15, 0.2) is 6.54 Å². The van der Waals surface area contributed by atoms with E-state index < -0.39 is 10.0 Å². The zero-order chi connectivity index (χ0) is 21.7. The minimum Gasteiger partial charge on any atom is -0.326 e. The van der Waals surface area contributed by atoms with E-state index in [1.54, 1.807) is 24.3 Å². The highest BCUT2D eigenvalue weighted by Crippen LogP contribution is 2.22. The molecule has 1 unspecified atom stereocenters. The van der Waals surface area contributed by atoms with E-state index in [9.17, 15) is 13.2 Å². The van der Waals surface area contributed by atoms with Crippen LogP contribution in [0.1, 0.15) is 43.7 Å². The maximum atomic E-state index is 12.6. The molecule has 1 amide bonds. The summed E-state index contributed by atoms with van der Waals surface area (Å²) in [4.78, 5) is 13.7. The monoisotopic (exact) mass is 430 g/mol. The Morgan fingerprint density at radius 1 is 1.03 bits per heavy atom. The third-order valence-electron chi connectivity index (χ3n) is 5.46. The summed E-state index contributed by atoms with van der Waals surface area (Å²) < 4.78 is 26.7. The highest BCUT2D eigenvalue weighted by atomic mass is 32.2. The lowest BCUT2D eigenvalue weighted by atomic mass is 10.0. The molecule has 0 saturated carbocycles. The van der Waals surface area contributed by atoms with Gasteiger partial charge in [-0.1, -0.05) is 38.1 Å². The smallest absolute Gasteiger partial charge is 0.279 e. The first-order chi connectivity index (χ1) is 14.3. The van der Waals surface area contributed by atoms with Gasteiger partial charge in [-0.05, 0) is 48.6 Å². The number of carbonyl (C=O) groups is 1. The Morgan fingerprint density at radius 3 is 2.20 bits per heavy atom. The van der Waals surface area contributed by atoms with E-state index in [1.165, 1.54) is 15.4 Å². The van der Waals surface area contributed by atoms with Crippen LogP contribution < -0.4 is 10.2 Å². The molecule has 0 spiro atoms. The molecule has 0 radical (unpaired) electrons. The largest absolute Gasteiger partial charge is 0.326 e. The van der Waals surface area contributed by atoms with Crippen molar-refractivity contribution in [2.45, 2.75) is 44.0 Å². The number of likely N-dealkylation sites (N-methyl/N-ethyl adjacent to an activating group) is 1. The highest BCUT2D eigenvalue weighted by molar-refractivity contribution is 7.89. The van der Waals surface area contributed by atoms with Gasteiger partial charge in [0.05, 0.1) is 11.9 Å². The summed E-state index contributed by atoms with van der Waals surface area (Å²) in [7, 11) is -1.44. The van der Waals surface area contributed by atoms with Crippen molar-refractivity contribution >= 4 is 21.6 Å². The molecule has 7 heteroatoms. The van der Waals surface area contributed by atoms with Crippen LogP contribution in [0.5, 0.6) is 0 Å². The Balaban J connectivity index is 1.53. The fourth-order valence-electron chi connectivity index (χ4n) is 3.70. The van der Waals surface area contributed by atoms with Crippen LogP contribution in [0.3, 0.4) is 0 Å². The van der Waals surface area contributed by atoms with Crippen molar-refractivity contribution in [1.82, 2.24) is 4.31 Å². The Hall–Kier alpha value is -2.22. The van der Waals surface area contributed by atoms with E-state index >= 15 is 0 Å². The second-order valence-electron chi connectivity index (χ2n) is 8.39. The molecule has 1 aliphatic heterocycles. The highest BCUT2D eigenvalue weighted by Gasteiger charge is 2.27. The molecule has 0 aromatic heterocycles. The Labute approximate surface area is 179 Å². The first-order valence-electron chi connectivity index (χ1n) is 10.6. The number of rotatable bonds is 8. The number of quaternary nitrogens is 1. The average Bonchev–Trinajstić information content (AvgIpc) is 3.24. The molecule has 0 bridgehead atoms. The standard InChI is InChI=1S/C23H31N3O3S/c1-18(2)20-8-6-19(7-9-20)16-25(3)17-23(27)24-21-10-12-22(13-11-21)30(28,29)26-14-4-5-15-26/h6-13,18H,4-5,14-17H2,1-3H3,(H,24,27)/p+1. The summed E-state index contributed by atoms with van der Waals surface area (Å²) in [6.45, 7) is 6.60. The van der Waals surface area contributed by atoms with Crippen LogP contribution in [0.15, 0.2) is 53.4 Å². The molecule has 1 atom stereocenters. The average molecular weight is 431 g/mol. The number of nitrogens with one attached hydrogen (secondary N) is 2. The molecule has 0 aliphatic carbocycles. The lowest BCUT2D eigenvalue weighted by Gasteiger charge is -2.16. The van der Waals surface area contributed by atoms with Gasteiger partial charge >= 0.3 is 0 Å². The van der Waals surface area contributed by atoms with Crippen LogP contribution >= 0.6 is 0 Å². The van der Waals surface area contributed by atoms with Crippen LogP contribution in [-0.2, 0) is 21.4 Å². The van der Waals surface area contributed by atoms with Crippen LogP contribution in [0, 0.1) is 0 Å². The fourth-order valence-corrected chi connectivity index (χ4v) is 5.22. The first kappa shape index (κ1) is 22.5. The van der Waals surface area contributed by atoms with E-state index in [-0.39, 0.29) is 10.8 Å². The molecule has 2 aromatic carbocycles. The van der Waals surface area contributed by atoms with Crippen molar-refractivity contribution < 1.29 is 18.1 Å². The number of hydrogen-bond donors (Lipinski definition) is 2. The molecule has 3 rings (SSSR count). The van der Waals surface area contributed by atoms with Gasteiger partial charge < -0.3 is 10.2 Å². The Bertz CT molecular complexity index is 948. The van der Waals surface area contributed by atoms with E-state index in [0.717, 1.165) is 24.3 Å². The molecule has 1 fully saturated rings. The molecule has 30 heavy (non-hydrogen) atoms. The summed E-state index contributed by atoms with van der Waals surface area (Å²) >= 11 is 0. The Morgan fingerprint density at radius 2 is 1.63 bits per heavy atom. The maximum Gasteiger partial charge on any atom is 0.279 e. The number of anilines is 1. The maximum absolute atomic E-state index is 12.6. The van der Waals surface area contributed by atoms with E-state index in [4.69, 9.17) is 0 Å². The summed E-state index contributed by atoms with van der Waals surface area (Å²) in [5, 5.41) is 2.86. The predicted molar refractivity (Wildman–Crippen MR) is 119 cm³/mol. The molecule has 1 saturated heterocycles. The number of sulfonamides is 1. The number of carbonyl (C=O) groups excluding carboxylic acids is 1. The third kappa shape index (κ3) is 5.68. The zero-order valence-corrected chi connectivity index (χ0v) is 18.8. The van der Waals surface area contributed by atoms with Gasteiger partial charge in [-0.3, -0.25) is 4.79 Å². The van der Waals surface area contributed by atoms with Gasteiger partial charge in [-0.2, -0.15) is 4.31 Å². The number of benzene rings is 2. The van der Waals surface area contributed by atoms with Gasteiger partial charge in [0.25, 0.3) is 5.91 Å². The van der Waals surface area contributed by atoms with Gasteiger partial charge in [0, 0.05) is 24.3 Å². The summed E-state index contributed by atoms with van der Waals surface area (Å²) in [5.41, 5.74) is 3.11. The zero-order valence-electron chi connectivity index (χ0n) is 18.0. The van der Waals surface area contributed by atoms with Crippen LogP contribution in [0.2, 0.25) is 0 Å². The quantitative estimate of drug-likeness (QED) is 0.675. The van der Waals surface area contributed by atoms with E-state index in [1.807, 2.05) is 7.05 Å². The number of nitrogens with zero attached hydrogens (tertiary/aromatic N) is 1. The lowest BCUT2D eigenvalue weighted by molar-refractivity contribution is -0.885. The first-order valence-corrected chi connectivity index (χ1v) is 12.0. The fraction of sp³-hybridized carbons (Fsp3) is 0.435. The molecule has 6 nitrogen and oxygen atoms in total. The minimum absolute atomic E-state index is 0.0959. The van der Waals surface area contributed by atoms with Gasteiger partial charge in [0.1, 0.15) is 6.54 Å². The second-order valence-corrected chi connectivity index (χ2v) is 10.3. The van der Waals surface area contributed by atoms with Crippen molar-refractivity contribution in [3.63, 3.8) is 0 Å². The summed E-state index contributed by atoms with van der Waals surface area (Å²) in [5.74, 6) is 0.410. The van der Waals surface area contributed by atoms with Crippen molar-refractivity contribution in [2.24, 2.45) is 0 Å². The van der Waals surface area contributed by atoms with Crippen molar-refractivity contribution in [2.75, 3.05) is 32.0 Å². The van der Waals surface area contributed by atoms with E-state index in [2.05, 4.69) is 43.4 Å².